The maximum atomic E-state index is 11.2. The van der Waals surface area contributed by atoms with Gasteiger partial charge in [-0.2, -0.15) is 0 Å². The van der Waals surface area contributed by atoms with Gasteiger partial charge < -0.3 is 0 Å². The average Bonchev–Trinajstić information content (AvgIpc) is 2.51. The van der Waals surface area contributed by atoms with Crippen molar-refractivity contribution in [3.63, 3.8) is 0 Å². The summed E-state index contributed by atoms with van der Waals surface area (Å²) < 4.78 is 0.114. The molecule has 0 aliphatic heterocycles. The normalized spacial score (nSPS) is 14.7. The van der Waals surface area contributed by atoms with Crippen LogP contribution in [-0.2, 0) is 6.42 Å². The number of thiophene rings is 1. The van der Waals surface area contributed by atoms with Crippen molar-refractivity contribution in [1.29, 1.82) is 0 Å². The standard InChI is InChI=1S/C7H4ClNO3S/c8-7-5(9(11)12)3-1-2-4(10)6(3)13-7/h1-2H2. The molecule has 0 saturated carbocycles. The van der Waals surface area contributed by atoms with Gasteiger partial charge in [0.1, 0.15) is 0 Å². The maximum Gasteiger partial charge on any atom is 0.302 e. The third-order valence-corrected chi connectivity index (χ3v) is 3.44. The van der Waals surface area contributed by atoms with Crippen LogP contribution in [0.5, 0.6) is 0 Å². The lowest BCUT2D eigenvalue weighted by Gasteiger charge is -1.89. The van der Waals surface area contributed by atoms with Gasteiger partial charge in [-0.15, -0.1) is 11.3 Å². The Kier molecular flexibility index (Phi) is 1.85. The van der Waals surface area contributed by atoms with Gasteiger partial charge in [0.15, 0.2) is 10.1 Å². The van der Waals surface area contributed by atoms with Crippen LogP contribution in [0.3, 0.4) is 0 Å². The quantitative estimate of drug-likeness (QED) is 0.536. The summed E-state index contributed by atoms with van der Waals surface area (Å²) >= 11 is 6.66. The minimum Gasteiger partial charge on any atom is -0.293 e. The zero-order valence-electron chi connectivity index (χ0n) is 6.37. The molecular formula is C7H4ClNO3S. The second-order valence-electron chi connectivity index (χ2n) is 2.71. The number of carbonyl (C=O) groups excluding carboxylic acids is 1. The summed E-state index contributed by atoms with van der Waals surface area (Å²) in [6.45, 7) is 0. The molecule has 0 N–H and O–H groups in total. The number of nitro groups is 1. The minimum absolute atomic E-state index is 0.0324. The molecule has 0 bridgehead atoms. The van der Waals surface area contributed by atoms with E-state index in [-0.39, 0.29) is 15.8 Å². The summed E-state index contributed by atoms with van der Waals surface area (Å²) in [5, 5.41) is 10.6. The molecule has 6 heteroatoms. The molecule has 0 aromatic carbocycles. The van der Waals surface area contributed by atoms with Crippen molar-refractivity contribution in [2.75, 3.05) is 0 Å². The lowest BCUT2D eigenvalue weighted by Crippen LogP contribution is -1.90. The second-order valence-corrected chi connectivity index (χ2v) is 4.34. The second kappa shape index (κ2) is 2.78. The zero-order chi connectivity index (χ0) is 9.59. The highest BCUT2D eigenvalue weighted by molar-refractivity contribution is 7.19. The molecule has 68 valence electrons. The van der Waals surface area contributed by atoms with Gasteiger partial charge in [0.2, 0.25) is 0 Å². The van der Waals surface area contributed by atoms with Crippen LogP contribution in [0.1, 0.15) is 21.7 Å². The lowest BCUT2D eigenvalue weighted by molar-refractivity contribution is -0.385. The first-order valence-corrected chi connectivity index (χ1v) is 4.79. The molecule has 0 spiro atoms. The SMILES string of the molecule is O=C1CCc2c1sc(Cl)c2[N+](=O)[O-]. The summed E-state index contributed by atoms with van der Waals surface area (Å²) in [6, 6.07) is 0. The first kappa shape index (κ1) is 8.65. The number of Topliss-reactive ketones (excluding diaryl/α,β-unsaturated/α-hetero) is 1. The predicted molar refractivity (Wildman–Crippen MR) is 48.6 cm³/mol. The Bertz CT molecular complexity index is 412. The third kappa shape index (κ3) is 1.15. The predicted octanol–water partition coefficient (Wildman–Crippen LogP) is 2.44. The Hall–Kier alpha value is -0.940. The van der Waals surface area contributed by atoms with Crippen molar-refractivity contribution < 1.29 is 9.72 Å². The number of rotatable bonds is 1. The molecule has 0 radical (unpaired) electrons. The number of hydrogen-bond donors (Lipinski definition) is 0. The van der Waals surface area contributed by atoms with E-state index in [1.165, 1.54) is 0 Å². The molecule has 1 aliphatic rings. The molecule has 1 aliphatic carbocycles. The Labute approximate surface area is 82.3 Å². The van der Waals surface area contributed by atoms with Crippen LogP contribution in [0.15, 0.2) is 0 Å². The van der Waals surface area contributed by atoms with Crippen LogP contribution in [0, 0.1) is 10.1 Å². The van der Waals surface area contributed by atoms with Crippen molar-refractivity contribution in [3.05, 3.63) is 24.9 Å². The highest BCUT2D eigenvalue weighted by Crippen LogP contribution is 2.43. The largest absolute Gasteiger partial charge is 0.302 e. The molecule has 13 heavy (non-hydrogen) atoms. The third-order valence-electron chi connectivity index (χ3n) is 1.98. The molecule has 0 atom stereocenters. The van der Waals surface area contributed by atoms with Crippen LogP contribution in [0.25, 0.3) is 0 Å². The van der Waals surface area contributed by atoms with Crippen molar-refractivity contribution >= 4 is 34.4 Å². The van der Waals surface area contributed by atoms with Crippen LogP contribution in [-0.4, -0.2) is 10.7 Å². The van der Waals surface area contributed by atoms with E-state index in [2.05, 4.69) is 0 Å². The van der Waals surface area contributed by atoms with Gasteiger partial charge in [-0.3, -0.25) is 14.9 Å². The van der Waals surface area contributed by atoms with Crippen molar-refractivity contribution in [2.45, 2.75) is 12.8 Å². The molecule has 1 aromatic heterocycles. The van der Waals surface area contributed by atoms with E-state index in [9.17, 15) is 14.9 Å². The van der Waals surface area contributed by atoms with E-state index >= 15 is 0 Å². The highest BCUT2D eigenvalue weighted by Gasteiger charge is 2.33. The number of halogens is 1. The van der Waals surface area contributed by atoms with E-state index < -0.39 is 4.92 Å². The zero-order valence-corrected chi connectivity index (χ0v) is 7.94. The Morgan fingerprint density at radius 3 is 2.77 bits per heavy atom. The van der Waals surface area contributed by atoms with Gasteiger partial charge in [0.05, 0.1) is 15.4 Å². The summed E-state index contributed by atoms with van der Waals surface area (Å²) in [5.74, 6) is -0.0324. The van der Waals surface area contributed by atoms with Gasteiger partial charge in [0.25, 0.3) is 0 Å². The lowest BCUT2D eigenvalue weighted by atomic mass is 10.2. The molecule has 1 heterocycles. The minimum atomic E-state index is -0.518. The van der Waals surface area contributed by atoms with Gasteiger partial charge in [-0.1, -0.05) is 11.6 Å². The topological polar surface area (TPSA) is 60.2 Å². The summed E-state index contributed by atoms with van der Waals surface area (Å²) in [5.41, 5.74) is 0.442. The van der Waals surface area contributed by atoms with Gasteiger partial charge >= 0.3 is 5.69 Å². The molecule has 2 rings (SSSR count). The molecule has 0 amide bonds. The summed E-state index contributed by atoms with van der Waals surface area (Å²) in [4.78, 5) is 21.7. The number of ketones is 1. The molecule has 1 aromatic rings. The van der Waals surface area contributed by atoms with Gasteiger partial charge in [0, 0.05) is 6.42 Å². The Balaban J connectivity index is 2.65. The molecule has 0 fully saturated rings. The van der Waals surface area contributed by atoms with Crippen LogP contribution in [0.2, 0.25) is 4.34 Å². The number of fused-ring (bicyclic) bond motifs is 1. The molecule has 0 unspecified atom stereocenters. The smallest absolute Gasteiger partial charge is 0.293 e. The summed E-state index contributed by atoms with van der Waals surface area (Å²) in [6.07, 6.45) is 0.826. The van der Waals surface area contributed by atoms with Crippen molar-refractivity contribution in [3.8, 4) is 0 Å². The first-order chi connectivity index (χ1) is 6.11. The van der Waals surface area contributed by atoms with Crippen LogP contribution >= 0.6 is 22.9 Å². The highest BCUT2D eigenvalue weighted by atomic mass is 35.5. The molecular weight excluding hydrogens is 214 g/mol. The fourth-order valence-electron chi connectivity index (χ4n) is 1.42. The fraction of sp³-hybridized carbons (Fsp3) is 0.286. The van der Waals surface area contributed by atoms with Crippen LogP contribution < -0.4 is 0 Å². The fourth-order valence-corrected chi connectivity index (χ4v) is 2.84. The number of carbonyl (C=O) groups is 1. The van der Waals surface area contributed by atoms with E-state index in [4.69, 9.17) is 11.6 Å². The van der Waals surface area contributed by atoms with E-state index in [1.807, 2.05) is 0 Å². The first-order valence-electron chi connectivity index (χ1n) is 3.60. The van der Waals surface area contributed by atoms with Gasteiger partial charge in [-0.25, -0.2) is 0 Å². The maximum absolute atomic E-state index is 11.2. The number of nitrogens with zero attached hydrogens (tertiary/aromatic N) is 1. The van der Waals surface area contributed by atoms with Crippen molar-refractivity contribution in [2.24, 2.45) is 0 Å². The summed E-state index contributed by atoms with van der Waals surface area (Å²) in [7, 11) is 0. The Morgan fingerprint density at radius 1 is 1.46 bits per heavy atom. The number of hydrogen-bond acceptors (Lipinski definition) is 4. The monoisotopic (exact) mass is 217 g/mol. The molecule has 4 nitrogen and oxygen atoms in total. The van der Waals surface area contributed by atoms with Gasteiger partial charge in [-0.05, 0) is 6.42 Å². The van der Waals surface area contributed by atoms with Crippen LogP contribution in [0.4, 0.5) is 5.69 Å². The van der Waals surface area contributed by atoms with E-state index in [0.717, 1.165) is 11.3 Å². The van der Waals surface area contributed by atoms with E-state index in [1.54, 1.807) is 0 Å². The molecule has 0 saturated heterocycles. The Morgan fingerprint density at radius 2 is 2.15 bits per heavy atom. The van der Waals surface area contributed by atoms with Crippen molar-refractivity contribution in [1.82, 2.24) is 0 Å². The van der Waals surface area contributed by atoms with E-state index in [0.29, 0.717) is 23.3 Å². The average molecular weight is 218 g/mol.